The molecular formula is C18H22N4O3. The van der Waals surface area contributed by atoms with Crippen LogP contribution in [0.3, 0.4) is 0 Å². The predicted molar refractivity (Wildman–Crippen MR) is 91.9 cm³/mol. The van der Waals surface area contributed by atoms with E-state index in [4.69, 9.17) is 5.73 Å². The molecule has 0 aliphatic carbocycles. The van der Waals surface area contributed by atoms with E-state index in [-0.39, 0.29) is 24.1 Å². The Balaban J connectivity index is 1.60. The molecule has 3 heterocycles. The van der Waals surface area contributed by atoms with Crippen LogP contribution in [0.25, 0.3) is 0 Å². The molecule has 0 spiro atoms. The van der Waals surface area contributed by atoms with Gasteiger partial charge in [0.15, 0.2) is 0 Å². The Bertz CT molecular complexity index is 748. The highest BCUT2D eigenvalue weighted by atomic mass is 16.2. The summed E-state index contributed by atoms with van der Waals surface area (Å²) in [5.41, 5.74) is 8.51. The second kappa shape index (κ2) is 6.15. The maximum Gasteiger partial charge on any atom is 0.255 e. The fraction of sp³-hybridized carbons (Fsp3) is 0.500. The number of imide groups is 1. The van der Waals surface area contributed by atoms with Crippen LogP contribution >= 0.6 is 0 Å². The quantitative estimate of drug-likeness (QED) is 0.767. The Morgan fingerprint density at radius 1 is 1.20 bits per heavy atom. The smallest absolute Gasteiger partial charge is 0.255 e. The van der Waals surface area contributed by atoms with Crippen LogP contribution in [-0.2, 0) is 16.1 Å². The highest BCUT2D eigenvalue weighted by Crippen LogP contribution is 2.35. The maximum atomic E-state index is 12.8. The summed E-state index contributed by atoms with van der Waals surface area (Å²) >= 11 is 0. The van der Waals surface area contributed by atoms with E-state index in [1.807, 2.05) is 18.2 Å². The summed E-state index contributed by atoms with van der Waals surface area (Å²) in [5, 5.41) is 2.34. The maximum absolute atomic E-state index is 12.8. The number of amides is 3. The molecule has 2 fully saturated rings. The summed E-state index contributed by atoms with van der Waals surface area (Å²) in [6.45, 7) is 2.93. The van der Waals surface area contributed by atoms with Gasteiger partial charge in [0.25, 0.3) is 5.91 Å². The lowest BCUT2D eigenvalue weighted by Crippen LogP contribution is -2.52. The Morgan fingerprint density at radius 3 is 2.76 bits per heavy atom. The largest absolute Gasteiger partial charge is 0.371 e. The van der Waals surface area contributed by atoms with Gasteiger partial charge in [-0.15, -0.1) is 0 Å². The van der Waals surface area contributed by atoms with Crippen LogP contribution in [0.4, 0.5) is 5.69 Å². The van der Waals surface area contributed by atoms with Crippen LogP contribution in [0.5, 0.6) is 0 Å². The Labute approximate surface area is 146 Å². The van der Waals surface area contributed by atoms with Crippen molar-refractivity contribution >= 4 is 23.4 Å². The van der Waals surface area contributed by atoms with Crippen molar-refractivity contribution in [2.75, 3.05) is 24.5 Å². The van der Waals surface area contributed by atoms with Crippen LogP contribution in [-0.4, -0.2) is 48.3 Å². The van der Waals surface area contributed by atoms with E-state index in [0.29, 0.717) is 31.0 Å². The number of nitrogens with zero attached hydrogens (tertiary/aromatic N) is 2. The first-order chi connectivity index (χ1) is 12.1. The van der Waals surface area contributed by atoms with Crippen molar-refractivity contribution < 1.29 is 14.4 Å². The molecular weight excluding hydrogens is 320 g/mol. The molecule has 1 unspecified atom stereocenters. The average molecular weight is 342 g/mol. The molecule has 0 aromatic heterocycles. The number of anilines is 1. The second-order valence-electron chi connectivity index (χ2n) is 7.04. The first kappa shape index (κ1) is 16.1. The Hall–Kier alpha value is -2.41. The molecule has 0 saturated carbocycles. The van der Waals surface area contributed by atoms with Crippen molar-refractivity contribution in [2.45, 2.75) is 31.8 Å². The van der Waals surface area contributed by atoms with Gasteiger partial charge in [0.1, 0.15) is 6.04 Å². The third-order valence-electron chi connectivity index (χ3n) is 5.52. The number of rotatable bonds is 3. The van der Waals surface area contributed by atoms with Gasteiger partial charge in [0.2, 0.25) is 11.8 Å². The monoisotopic (exact) mass is 342 g/mol. The fourth-order valence-electron chi connectivity index (χ4n) is 4.11. The lowest BCUT2D eigenvalue weighted by molar-refractivity contribution is -0.136. The van der Waals surface area contributed by atoms with Gasteiger partial charge >= 0.3 is 0 Å². The molecule has 0 bridgehead atoms. The molecule has 1 aromatic carbocycles. The van der Waals surface area contributed by atoms with Gasteiger partial charge in [0.05, 0.1) is 0 Å². The summed E-state index contributed by atoms with van der Waals surface area (Å²) in [5.74, 6) is -0.278. The topological polar surface area (TPSA) is 95.7 Å². The first-order valence-corrected chi connectivity index (χ1v) is 8.80. The number of fused-ring (bicyclic) bond motifs is 1. The van der Waals surface area contributed by atoms with Gasteiger partial charge in [0, 0.05) is 42.9 Å². The minimum absolute atomic E-state index is 0.124. The van der Waals surface area contributed by atoms with Crippen LogP contribution in [0, 0.1) is 5.92 Å². The van der Waals surface area contributed by atoms with Gasteiger partial charge < -0.3 is 15.5 Å². The van der Waals surface area contributed by atoms with Crippen LogP contribution in [0.2, 0.25) is 0 Å². The minimum atomic E-state index is -0.569. The van der Waals surface area contributed by atoms with Crippen molar-refractivity contribution in [2.24, 2.45) is 11.7 Å². The van der Waals surface area contributed by atoms with Crippen molar-refractivity contribution in [3.63, 3.8) is 0 Å². The summed E-state index contributed by atoms with van der Waals surface area (Å²) in [4.78, 5) is 40.3. The molecule has 132 valence electrons. The number of nitrogens with one attached hydrogen (secondary N) is 1. The summed E-state index contributed by atoms with van der Waals surface area (Å²) in [7, 11) is 0. The van der Waals surface area contributed by atoms with E-state index in [9.17, 15) is 14.4 Å². The van der Waals surface area contributed by atoms with Crippen LogP contribution in [0.1, 0.15) is 35.2 Å². The molecule has 25 heavy (non-hydrogen) atoms. The molecule has 3 amide bonds. The van der Waals surface area contributed by atoms with Crippen molar-refractivity contribution in [3.8, 4) is 0 Å². The predicted octanol–water partition coefficient (Wildman–Crippen LogP) is 0.233. The third-order valence-corrected chi connectivity index (χ3v) is 5.52. The second-order valence-corrected chi connectivity index (χ2v) is 7.04. The van der Waals surface area contributed by atoms with Gasteiger partial charge in [-0.3, -0.25) is 19.7 Å². The number of hydrogen-bond donors (Lipinski definition) is 2. The van der Waals surface area contributed by atoms with Gasteiger partial charge in [-0.2, -0.15) is 0 Å². The molecule has 3 aliphatic rings. The Kier molecular flexibility index (Phi) is 3.95. The summed E-state index contributed by atoms with van der Waals surface area (Å²) in [6, 6.07) is 5.19. The van der Waals surface area contributed by atoms with E-state index < -0.39 is 6.04 Å². The SMILES string of the molecule is NC[C@H]1CCN(c2cccc3c2CN(C2CCC(=O)NC2=O)C3=O)C1. The van der Waals surface area contributed by atoms with E-state index >= 15 is 0 Å². The van der Waals surface area contributed by atoms with E-state index in [1.54, 1.807) is 4.90 Å². The third kappa shape index (κ3) is 2.68. The van der Waals surface area contributed by atoms with Crippen LogP contribution in [0.15, 0.2) is 18.2 Å². The van der Waals surface area contributed by atoms with Gasteiger partial charge in [-0.1, -0.05) is 6.07 Å². The van der Waals surface area contributed by atoms with Gasteiger partial charge in [-0.05, 0) is 37.4 Å². The summed E-state index contributed by atoms with van der Waals surface area (Å²) in [6.07, 6.45) is 1.72. The van der Waals surface area contributed by atoms with Crippen molar-refractivity contribution in [1.82, 2.24) is 10.2 Å². The van der Waals surface area contributed by atoms with E-state index in [1.165, 1.54) is 0 Å². The fourth-order valence-corrected chi connectivity index (χ4v) is 4.11. The zero-order valence-electron chi connectivity index (χ0n) is 14.0. The average Bonchev–Trinajstić information content (AvgIpc) is 3.20. The highest BCUT2D eigenvalue weighted by Gasteiger charge is 2.40. The molecule has 7 heteroatoms. The Morgan fingerprint density at radius 2 is 2.04 bits per heavy atom. The summed E-state index contributed by atoms with van der Waals surface area (Å²) < 4.78 is 0. The lowest BCUT2D eigenvalue weighted by atomic mass is 10.0. The highest BCUT2D eigenvalue weighted by molar-refractivity contribution is 6.06. The number of carbonyl (C=O) groups excluding carboxylic acids is 3. The number of nitrogens with two attached hydrogens (primary N) is 1. The minimum Gasteiger partial charge on any atom is -0.371 e. The van der Waals surface area contributed by atoms with Crippen LogP contribution < -0.4 is 16.0 Å². The lowest BCUT2D eigenvalue weighted by Gasteiger charge is -2.29. The number of piperidine rings is 1. The van der Waals surface area contributed by atoms with E-state index in [2.05, 4.69) is 10.2 Å². The zero-order chi connectivity index (χ0) is 17.6. The molecule has 1 aromatic rings. The molecule has 2 atom stereocenters. The molecule has 0 radical (unpaired) electrons. The zero-order valence-corrected chi connectivity index (χ0v) is 14.0. The standard InChI is InChI=1S/C18H22N4O3/c19-8-11-6-7-21(9-11)14-3-1-2-12-13(14)10-22(18(12)25)15-4-5-16(23)20-17(15)24/h1-3,11,15H,4-10,19H2,(H,20,23,24)/t11-,15?/m1/s1. The number of hydrogen-bond acceptors (Lipinski definition) is 5. The van der Waals surface area contributed by atoms with Crippen molar-refractivity contribution in [1.29, 1.82) is 0 Å². The molecule has 3 N–H and O–H groups in total. The molecule has 4 rings (SSSR count). The normalized spacial score (nSPS) is 26.2. The first-order valence-electron chi connectivity index (χ1n) is 8.80. The number of carbonyl (C=O) groups is 3. The van der Waals surface area contributed by atoms with Gasteiger partial charge in [-0.25, -0.2) is 0 Å². The number of benzene rings is 1. The van der Waals surface area contributed by atoms with E-state index in [0.717, 1.165) is 30.8 Å². The molecule has 2 saturated heterocycles. The molecule has 7 nitrogen and oxygen atoms in total. The van der Waals surface area contributed by atoms with Crippen molar-refractivity contribution in [3.05, 3.63) is 29.3 Å². The molecule has 3 aliphatic heterocycles.